The predicted molar refractivity (Wildman–Crippen MR) is 92.8 cm³/mol. The SMILES string of the molecule is Cc1c(N)nc(SCC2=C(C(=O)[O-])N3C(=O)C(N)[C@H]3SC2)[n+](C)c1N. The summed E-state index contributed by atoms with van der Waals surface area (Å²) in [5, 5.41) is 11.8. The van der Waals surface area contributed by atoms with Crippen LogP contribution in [-0.2, 0) is 16.6 Å². The van der Waals surface area contributed by atoms with Gasteiger partial charge in [0.1, 0.15) is 11.4 Å². The minimum Gasteiger partial charge on any atom is -0.543 e. The third kappa shape index (κ3) is 2.81. The molecule has 1 aromatic rings. The summed E-state index contributed by atoms with van der Waals surface area (Å²) in [7, 11) is 1.76. The summed E-state index contributed by atoms with van der Waals surface area (Å²) < 4.78 is 1.69. The van der Waals surface area contributed by atoms with Gasteiger partial charge in [-0.1, -0.05) is 4.98 Å². The topological polar surface area (TPSA) is 155 Å². The van der Waals surface area contributed by atoms with Gasteiger partial charge in [-0.3, -0.25) is 9.69 Å². The molecule has 1 fully saturated rings. The van der Waals surface area contributed by atoms with E-state index in [-0.39, 0.29) is 11.1 Å². The summed E-state index contributed by atoms with van der Waals surface area (Å²) in [6, 6.07) is -0.662. The molecule has 25 heavy (non-hydrogen) atoms. The van der Waals surface area contributed by atoms with E-state index < -0.39 is 17.9 Å². The number of thioether (sulfide) groups is 2. The Morgan fingerprint density at radius 2 is 2.20 bits per heavy atom. The molecule has 0 spiro atoms. The van der Waals surface area contributed by atoms with Gasteiger partial charge in [0.2, 0.25) is 17.5 Å². The zero-order valence-corrected chi connectivity index (χ0v) is 15.3. The Kier molecular flexibility index (Phi) is 4.56. The zero-order chi connectivity index (χ0) is 18.5. The molecule has 2 atom stereocenters. The number of nitrogen functional groups attached to an aromatic ring is 2. The molecular weight excluding hydrogens is 364 g/mol. The molecule has 0 aliphatic carbocycles. The minimum atomic E-state index is -1.37. The number of carboxylic acids is 1. The van der Waals surface area contributed by atoms with E-state index in [1.54, 1.807) is 18.5 Å². The van der Waals surface area contributed by atoms with Crippen LogP contribution in [0.1, 0.15) is 5.56 Å². The van der Waals surface area contributed by atoms with E-state index in [1.165, 1.54) is 28.4 Å². The number of rotatable bonds is 4. The van der Waals surface area contributed by atoms with Gasteiger partial charge in [0.25, 0.3) is 0 Å². The molecule has 6 N–H and O–H groups in total. The van der Waals surface area contributed by atoms with E-state index in [1.807, 2.05) is 0 Å². The lowest BCUT2D eigenvalue weighted by Crippen LogP contribution is -2.69. The number of hydrogen-bond acceptors (Lipinski definition) is 9. The molecule has 0 bridgehead atoms. The first-order valence-corrected chi connectivity index (χ1v) is 9.45. The van der Waals surface area contributed by atoms with Gasteiger partial charge in [0.15, 0.2) is 0 Å². The molecule has 2 aliphatic rings. The Bertz CT molecular complexity index is 812. The summed E-state index contributed by atoms with van der Waals surface area (Å²) in [5.41, 5.74) is 18.8. The van der Waals surface area contributed by atoms with Crippen LogP contribution in [0.4, 0.5) is 11.6 Å². The number of carboxylic acid groups (broad SMARTS) is 1. The average Bonchev–Trinajstić information content (AvgIpc) is 2.60. The molecule has 0 radical (unpaired) electrons. The molecule has 1 aromatic heterocycles. The van der Waals surface area contributed by atoms with Crippen molar-refractivity contribution >= 4 is 47.0 Å². The van der Waals surface area contributed by atoms with Gasteiger partial charge in [0, 0.05) is 11.5 Å². The number of carbonyl (C=O) groups excluding carboxylic acids is 2. The van der Waals surface area contributed by atoms with Crippen molar-refractivity contribution in [1.29, 1.82) is 0 Å². The number of nitrogens with zero attached hydrogens (tertiary/aromatic N) is 3. The Morgan fingerprint density at radius 3 is 2.84 bits per heavy atom. The molecule has 134 valence electrons. The lowest BCUT2D eigenvalue weighted by molar-refractivity contribution is -0.699. The van der Waals surface area contributed by atoms with Gasteiger partial charge >= 0.3 is 5.16 Å². The number of β-lactam (4-membered cyclic amide) rings is 1. The average molecular weight is 382 g/mol. The number of aromatic nitrogens is 2. The first-order valence-electron chi connectivity index (χ1n) is 7.42. The van der Waals surface area contributed by atoms with Crippen LogP contribution in [0.15, 0.2) is 16.4 Å². The number of carbonyl (C=O) groups is 2. The van der Waals surface area contributed by atoms with Crippen LogP contribution in [0, 0.1) is 6.92 Å². The van der Waals surface area contributed by atoms with Crippen molar-refractivity contribution in [1.82, 2.24) is 9.88 Å². The van der Waals surface area contributed by atoms with Crippen LogP contribution >= 0.6 is 23.5 Å². The molecule has 2 aliphatic heterocycles. The number of nitrogens with two attached hydrogens (primary N) is 3. The smallest absolute Gasteiger partial charge is 0.301 e. The first-order chi connectivity index (χ1) is 11.7. The van der Waals surface area contributed by atoms with E-state index in [4.69, 9.17) is 17.2 Å². The second-order valence-electron chi connectivity index (χ2n) is 5.81. The number of anilines is 2. The minimum absolute atomic E-state index is 0.0846. The fourth-order valence-corrected chi connectivity index (χ4v) is 5.13. The first kappa shape index (κ1) is 17.8. The second-order valence-corrected chi connectivity index (χ2v) is 7.86. The number of hydrogen-bond donors (Lipinski definition) is 3. The monoisotopic (exact) mass is 382 g/mol. The number of aliphatic carboxylic acids is 1. The molecule has 1 unspecified atom stereocenters. The van der Waals surface area contributed by atoms with E-state index in [9.17, 15) is 14.7 Å². The summed E-state index contributed by atoms with van der Waals surface area (Å²) in [4.78, 5) is 29.0. The van der Waals surface area contributed by atoms with Crippen molar-refractivity contribution in [3.63, 3.8) is 0 Å². The van der Waals surface area contributed by atoms with Crippen LogP contribution in [0.3, 0.4) is 0 Å². The fraction of sp³-hybridized carbons (Fsp3) is 0.429. The maximum atomic E-state index is 11.9. The zero-order valence-electron chi connectivity index (χ0n) is 13.7. The molecular formula is C14H18N6O3S2. The van der Waals surface area contributed by atoms with Crippen LogP contribution < -0.4 is 26.9 Å². The van der Waals surface area contributed by atoms with Crippen molar-refractivity contribution in [2.45, 2.75) is 23.5 Å². The summed E-state index contributed by atoms with van der Waals surface area (Å²) in [6.45, 7) is 1.78. The molecule has 9 nitrogen and oxygen atoms in total. The molecule has 3 heterocycles. The Hall–Kier alpha value is -1.98. The number of fused-ring (bicyclic) bond motifs is 1. The van der Waals surface area contributed by atoms with Crippen molar-refractivity contribution in [3.05, 3.63) is 16.8 Å². The quantitative estimate of drug-likeness (QED) is 0.226. The van der Waals surface area contributed by atoms with Crippen molar-refractivity contribution in [2.75, 3.05) is 23.0 Å². The second kappa shape index (κ2) is 6.39. The highest BCUT2D eigenvalue weighted by atomic mass is 32.2. The van der Waals surface area contributed by atoms with Crippen molar-refractivity contribution in [2.24, 2.45) is 12.8 Å². The molecule has 1 saturated heterocycles. The molecule has 0 aromatic carbocycles. The Labute approximate surface area is 152 Å². The van der Waals surface area contributed by atoms with Crippen molar-refractivity contribution in [3.8, 4) is 0 Å². The molecule has 1 amide bonds. The van der Waals surface area contributed by atoms with Gasteiger partial charge in [-0.05, 0) is 24.3 Å². The third-order valence-corrected chi connectivity index (χ3v) is 6.77. The fourth-order valence-electron chi connectivity index (χ4n) is 2.71. The molecule has 3 rings (SSSR count). The lowest BCUT2D eigenvalue weighted by atomic mass is 10.0. The maximum absolute atomic E-state index is 11.9. The predicted octanol–water partition coefficient (Wildman–Crippen LogP) is -2.28. The lowest BCUT2D eigenvalue weighted by Gasteiger charge is -2.49. The van der Waals surface area contributed by atoms with E-state index >= 15 is 0 Å². The van der Waals surface area contributed by atoms with E-state index in [0.717, 1.165) is 0 Å². The highest BCUT2D eigenvalue weighted by Crippen LogP contribution is 2.40. The van der Waals surface area contributed by atoms with Crippen LogP contribution in [0.2, 0.25) is 0 Å². The highest BCUT2D eigenvalue weighted by molar-refractivity contribution is 8.01. The van der Waals surface area contributed by atoms with Crippen LogP contribution in [0.5, 0.6) is 0 Å². The summed E-state index contributed by atoms with van der Waals surface area (Å²) in [5.74, 6) is -0.169. The van der Waals surface area contributed by atoms with Gasteiger partial charge in [-0.15, -0.1) is 11.8 Å². The Balaban J connectivity index is 1.87. The molecule has 0 saturated carbocycles. The normalized spacial score (nSPS) is 22.7. The van der Waals surface area contributed by atoms with Gasteiger partial charge < -0.3 is 27.1 Å². The molecule has 11 heteroatoms. The largest absolute Gasteiger partial charge is 0.543 e. The standard InChI is InChI=1S/C14H18N6O3S2/c1-5-9(16)18-14(19(2)10(5)17)25-4-6-3-24-12-7(15)11(21)20(12)8(6)13(22)23/h7,12H,3-4,15H2,1-2H3,(H4,16,17,22,23)/t7?,12-/m1/s1. The number of amides is 1. The van der Waals surface area contributed by atoms with Gasteiger partial charge in [-0.25, -0.2) is 4.57 Å². The highest BCUT2D eigenvalue weighted by Gasteiger charge is 2.50. The third-order valence-electron chi connectivity index (χ3n) is 4.29. The van der Waals surface area contributed by atoms with Crippen molar-refractivity contribution < 1.29 is 19.3 Å². The van der Waals surface area contributed by atoms with Gasteiger partial charge in [-0.2, -0.15) is 0 Å². The summed E-state index contributed by atoms with van der Waals surface area (Å²) in [6.07, 6.45) is 0. The Morgan fingerprint density at radius 1 is 1.52 bits per heavy atom. The summed E-state index contributed by atoms with van der Waals surface area (Å²) >= 11 is 2.74. The van der Waals surface area contributed by atoms with E-state index in [0.29, 0.717) is 39.4 Å². The van der Waals surface area contributed by atoms with Crippen LogP contribution in [-0.4, -0.2) is 44.7 Å². The van der Waals surface area contributed by atoms with Gasteiger partial charge in [0.05, 0.1) is 24.3 Å². The van der Waals surface area contributed by atoms with Crippen LogP contribution in [0.25, 0.3) is 0 Å². The maximum Gasteiger partial charge on any atom is 0.301 e. The van der Waals surface area contributed by atoms with E-state index in [2.05, 4.69) is 4.98 Å².